The molecule has 0 aromatic heterocycles. The predicted octanol–water partition coefficient (Wildman–Crippen LogP) is 2.31. The van der Waals surface area contributed by atoms with E-state index in [2.05, 4.69) is 19.2 Å². The van der Waals surface area contributed by atoms with Gasteiger partial charge in [-0.25, -0.2) is 0 Å². The largest absolute Gasteiger partial charge is 0.392 e. The van der Waals surface area contributed by atoms with E-state index in [-0.39, 0.29) is 6.10 Å². The van der Waals surface area contributed by atoms with Gasteiger partial charge in [0.15, 0.2) is 0 Å². The summed E-state index contributed by atoms with van der Waals surface area (Å²) in [5.74, 6) is 1.70. The lowest BCUT2D eigenvalue weighted by Gasteiger charge is -2.34. The Morgan fingerprint density at radius 1 is 1.00 bits per heavy atom. The molecule has 2 aliphatic carbocycles. The van der Waals surface area contributed by atoms with Crippen LogP contribution >= 0.6 is 0 Å². The Kier molecular flexibility index (Phi) is 3.68. The van der Waals surface area contributed by atoms with E-state index in [1.807, 2.05) is 0 Å². The molecule has 0 amide bonds. The summed E-state index contributed by atoms with van der Waals surface area (Å²) in [5, 5.41) is 13.5. The van der Waals surface area contributed by atoms with Gasteiger partial charge in [0, 0.05) is 12.1 Å². The highest BCUT2D eigenvalue weighted by Gasteiger charge is 2.30. The molecule has 15 heavy (non-hydrogen) atoms. The predicted molar refractivity (Wildman–Crippen MR) is 62.7 cm³/mol. The van der Waals surface area contributed by atoms with Gasteiger partial charge in [-0.1, -0.05) is 13.8 Å². The topological polar surface area (TPSA) is 32.3 Å². The third-order valence-electron chi connectivity index (χ3n) is 4.11. The molecule has 2 heteroatoms. The van der Waals surface area contributed by atoms with E-state index in [0.29, 0.717) is 12.1 Å². The van der Waals surface area contributed by atoms with Gasteiger partial charge in [0.25, 0.3) is 0 Å². The van der Waals surface area contributed by atoms with E-state index in [1.54, 1.807) is 0 Å². The van der Waals surface area contributed by atoms with Gasteiger partial charge in [0.05, 0.1) is 6.10 Å². The van der Waals surface area contributed by atoms with E-state index >= 15 is 0 Å². The molecular formula is C13H25NO. The maximum atomic E-state index is 9.79. The molecule has 0 aromatic carbocycles. The first-order valence-corrected chi connectivity index (χ1v) is 6.59. The second-order valence-electron chi connectivity index (χ2n) is 5.89. The second-order valence-corrected chi connectivity index (χ2v) is 5.89. The van der Waals surface area contributed by atoms with Gasteiger partial charge in [0.1, 0.15) is 0 Å². The average Bonchev–Trinajstić information content (AvgIpc) is 2.50. The Morgan fingerprint density at radius 2 is 1.67 bits per heavy atom. The summed E-state index contributed by atoms with van der Waals surface area (Å²) in [6, 6.07) is 1.04. The van der Waals surface area contributed by atoms with E-state index in [9.17, 15) is 5.11 Å². The van der Waals surface area contributed by atoms with Crippen molar-refractivity contribution in [1.29, 1.82) is 0 Å². The van der Waals surface area contributed by atoms with E-state index in [0.717, 1.165) is 18.3 Å². The third-order valence-corrected chi connectivity index (χ3v) is 4.11. The Morgan fingerprint density at radius 3 is 2.20 bits per heavy atom. The van der Waals surface area contributed by atoms with Crippen molar-refractivity contribution in [1.82, 2.24) is 5.32 Å². The highest BCUT2D eigenvalue weighted by Crippen LogP contribution is 2.30. The zero-order valence-corrected chi connectivity index (χ0v) is 10.1. The quantitative estimate of drug-likeness (QED) is 0.734. The van der Waals surface area contributed by atoms with Gasteiger partial charge in [-0.3, -0.25) is 0 Å². The summed E-state index contributed by atoms with van der Waals surface area (Å²) in [7, 11) is 0. The average molecular weight is 211 g/mol. The van der Waals surface area contributed by atoms with Crippen molar-refractivity contribution >= 4 is 0 Å². The van der Waals surface area contributed by atoms with Crippen LogP contribution in [-0.4, -0.2) is 23.3 Å². The molecule has 88 valence electrons. The molecule has 0 aliphatic heterocycles. The van der Waals surface area contributed by atoms with Crippen molar-refractivity contribution in [2.24, 2.45) is 11.8 Å². The van der Waals surface area contributed by atoms with Crippen molar-refractivity contribution in [3.8, 4) is 0 Å². The molecule has 4 unspecified atom stereocenters. The van der Waals surface area contributed by atoms with Crippen molar-refractivity contribution in [2.45, 2.75) is 70.6 Å². The van der Waals surface area contributed by atoms with Gasteiger partial charge < -0.3 is 10.4 Å². The molecule has 2 fully saturated rings. The van der Waals surface area contributed by atoms with Crippen LogP contribution in [-0.2, 0) is 0 Å². The smallest absolute Gasteiger partial charge is 0.0693 e. The lowest BCUT2D eigenvalue weighted by molar-refractivity contribution is 0.128. The van der Waals surface area contributed by atoms with Gasteiger partial charge in [-0.05, 0) is 50.4 Å². The van der Waals surface area contributed by atoms with Gasteiger partial charge >= 0.3 is 0 Å². The lowest BCUT2D eigenvalue weighted by atomic mass is 9.80. The van der Waals surface area contributed by atoms with Crippen LogP contribution in [0.15, 0.2) is 0 Å². The van der Waals surface area contributed by atoms with Gasteiger partial charge in [-0.2, -0.15) is 0 Å². The maximum Gasteiger partial charge on any atom is 0.0693 e. The number of rotatable bonds is 2. The number of hydrogen-bond donors (Lipinski definition) is 2. The first-order valence-electron chi connectivity index (χ1n) is 6.59. The SMILES string of the molecule is CC1CC(C)CC(NC2CCCC2O)C1. The lowest BCUT2D eigenvalue weighted by Crippen LogP contribution is -2.45. The fourth-order valence-electron chi connectivity index (χ4n) is 3.52. The molecule has 2 N–H and O–H groups in total. The summed E-state index contributed by atoms with van der Waals surface area (Å²) in [6.45, 7) is 4.71. The monoisotopic (exact) mass is 211 g/mol. The summed E-state index contributed by atoms with van der Waals surface area (Å²) < 4.78 is 0. The number of aliphatic hydroxyl groups is 1. The highest BCUT2D eigenvalue weighted by molar-refractivity contribution is 4.88. The van der Waals surface area contributed by atoms with Gasteiger partial charge in [0.2, 0.25) is 0 Å². The standard InChI is InChI=1S/C13H25NO/c1-9-6-10(2)8-11(7-9)14-12-4-3-5-13(12)15/h9-15H,3-8H2,1-2H3. The minimum atomic E-state index is -0.0856. The third kappa shape index (κ3) is 2.94. The Hall–Kier alpha value is -0.0800. The number of aliphatic hydroxyl groups excluding tert-OH is 1. The molecule has 0 bridgehead atoms. The molecular weight excluding hydrogens is 186 g/mol. The summed E-state index contributed by atoms with van der Waals surface area (Å²) in [5.41, 5.74) is 0. The van der Waals surface area contributed by atoms with Crippen LogP contribution in [0.3, 0.4) is 0 Å². The second kappa shape index (κ2) is 4.84. The summed E-state index contributed by atoms with van der Waals surface area (Å²) in [4.78, 5) is 0. The molecule has 0 saturated heterocycles. The molecule has 0 radical (unpaired) electrons. The molecule has 2 nitrogen and oxygen atoms in total. The Bertz CT molecular complexity index is 197. The first-order chi connectivity index (χ1) is 7.15. The Labute approximate surface area is 93.5 Å². The van der Waals surface area contributed by atoms with Crippen LogP contribution in [0.4, 0.5) is 0 Å². The minimum absolute atomic E-state index is 0.0856. The number of nitrogens with one attached hydrogen (secondary N) is 1. The van der Waals surface area contributed by atoms with E-state index < -0.39 is 0 Å². The number of hydrogen-bond acceptors (Lipinski definition) is 2. The fraction of sp³-hybridized carbons (Fsp3) is 1.00. The van der Waals surface area contributed by atoms with Crippen molar-refractivity contribution < 1.29 is 5.11 Å². The highest BCUT2D eigenvalue weighted by atomic mass is 16.3. The van der Waals surface area contributed by atoms with Crippen LogP contribution in [0.5, 0.6) is 0 Å². The van der Waals surface area contributed by atoms with Crippen LogP contribution in [0.25, 0.3) is 0 Å². The van der Waals surface area contributed by atoms with Crippen molar-refractivity contribution in [3.63, 3.8) is 0 Å². The summed E-state index contributed by atoms with van der Waals surface area (Å²) in [6.07, 6.45) is 7.25. The van der Waals surface area contributed by atoms with Crippen molar-refractivity contribution in [3.05, 3.63) is 0 Å². The summed E-state index contributed by atoms with van der Waals surface area (Å²) >= 11 is 0. The first kappa shape index (κ1) is 11.4. The molecule has 2 saturated carbocycles. The normalized spacial score (nSPS) is 47.0. The molecule has 4 atom stereocenters. The van der Waals surface area contributed by atoms with Gasteiger partial charge in [-0.15, -0.1) is 0 Å². The van der Waals surface area contributed by atoms with Crippen LogP contribution < -0.4 is 5.32 Å². The minimum Gasteiger partial charge on any atom is -0.392 e. The van der Waals surface area contributed by atoms with Crippen LogP contribution in [0.2, 0.25) is 0 Å². The van der Waals surface area contributed by atoms with Crippen molar-refractivity contribution in [2.75, 3.05) is 0 Å². The zero-order valence-electron chi connectivity index (χ0n) is 10.1. The van der Waals surface area contributed by atoms with E-state index in [4.69, 9.17) is 0 Å². The fourth-order valence-corrected chi connectivity index (χ4v) is 3.52. The van der Waals surface area contributed by atoms with Crippen LogP contribution in [0.1, 0.15) is 52.4 Å². The molecule has 0 spiro atoms. The van der Waals surface area contributed by atoms with E-state index in [1.165, 1.54) is 32.1 Å². The molecule has 2 aliphatic rings. The maximum absolute atomic E-state index is 9.79. The van der Waals surface area contributed by atoms with Crippen LogP contribution in [0, 0.1) is 11.8 Å². The molecule has 2 rings (SSSR count). The molecule has 0 aromatic rings. The zero-order chi connectivity index (χ0) is 10.8. The Balaban J connectivity index is 1.83. The molecule has 0 heterocycles.